The second kappa shape index (κ2) is 9.62. The fourth-order valence-corrected chi connectivity index (χ4v) is 2.57. The predicted octanol–water partition coefficient (Wildman–Crippen LogP) is 3.95. The van der Waals surface area contributed by atoms with Crippen molar-refractivity contribution in [3.05, 3.63) is 58.6 Å². The Kier molecular flexibility index (Phi) is 7.46. The van der Waals surface area contributed by atoms with Crippen molar-refractivity contribution in [1.82, 2.24) is 0 Å². The summed E-state index contributed by atoms with van der Waals surface area (Å²) in [5.41, 5.74) is -0.678. The number of carbonyl (C=O) groups excluding carboxylic acids is 2. The summed E-state index contributed by atoms with van der Waals surface area (Å²) >= 11 is 5.54. The highest BCUT2D eigenvalue weighted by molar-refractivity contribution is 6.31. The lowest BCUT2D eigenvalue weighted by Gasteiger charge is -2.16. The molecule has 0 aromatic heterocycles. The van der Waals surface area contributed by atoms with Gasteiger partial charge in [0.2, 0.25) is 0 Å². The number of esters is 1. The number of hydrogen-bond acceptors (Lipinski definition) is 5. The Morgan fingerprint density at radius 1 is 1.21 bits per heavy atom. The van der Waals surface area contributed by atoms with Gasteiger partial charge in [0.1, 0.15) is 0 Å². The maximum Gasteiger partial charge on any atom is 0.417 e. The van der Waals surface area contributed by atoms with Crippen molar-refractivity contribution in [3.8, 4) is 0 Å². The summed E-state index contributed by atoms with van der Waals surface area (Å²) in [6.45, 7) is 1.35. The summed E-state index contributed by atoms with van der Waals surface area (Å²) in [6.07, 6.45) is -5.96. The minimum Gasteiger partial charge on any atom is -0.449 e. The molecule has 29 heavy (non-hydrogen) atoms. The van der Waals surface area contributed by atoms with Crippen LogP contribution in [0.2, 0.25) is 5.02 Å². The number of aliphatic hydroxyl groups is 1. The molecule has 6 nitrogen and oxygen atoms in total. The molecule has 0 bridgehead atoms. The standard InChI is InChI=1S/C19H18ClF3N2O4/c1-11(29-18(28)13-4-2-3-5-16(13)24-8-9-26)17(27)25-12-6-7-15(20)14(10-12)19(21,22)23/h2-7,10-11,24,26H,8-9H2,1H3,(H,25,27). The Morgan fingerprint density at radius 2 is 1.90 bits per heavy atom. The van der Waals surface area contributed by atoms with Crippen LogP contribution in [0.15, 0.2) is 42.5 Å². The van der Waals surface area contributed by atoms with E-state index in [4.69, 9.17) is 21.4 Å². The normalized spacial score (nSPS) is 12.2. The summed E-state index contributed by atoms with van der Waals surface area (Å²) in [4.78, 5) is 24.6. The quantitative estimate of drug-likeness (QED) is 0.579. The van der Waals surface area contributed by atoms with E-state index in [-0.39, 0.29) is 24.4 Å². The van der Waals surface area contributed by atoms with E-state index in [0.29, 0.717) is 11.8 Å². The van der Waals surface area contributed by atoms with E-state index >= 15 is 0 Å². The second-order valence-electron chi connectivity index (χ2n) is 5.93. The number of anilines is 2. The zero-order chi connectivity index (χ0) is 21.6. The minimum atomic E-state index is -4.68. The third kappa shape index (κ3) is 6.10. The Morgan fingerprint density at radius 3 is 2.55 bits per heavy atom. The maximum atomic E-state index is 12.9. The lowest BCUT2D eigenvalue weighted by molar-refractivity contribution is -0.137. The topological polar surface area (TPSA) is 87.7 Å². The number of para-hydroxylation sites is 1. The lowest BCUT2D eigenvalue weighted by Crippen LogP contribution is -2.30. The highest BCUT2D eigenvalue weighted by Crippen LogP contribution is 2.36. The summed E-state index contributed by atoms with van der Waals surface area (Å²) in [7, 11) is 0. The molecular weight excluding hydrogens is 413 g/mol. The smallest absolute Gasteiger partial charge is 0.417 e. The Balaban J connectivity index is 2.07. The largest absolute Gasteiger partial charge is 0.449 e. The number of ether oxygens (including phenoxy) is 1. The first-order valence-electron chi connectivity index (χ1n) is 8.46. The van der Waals surface area contributed by atoms with Crippen LogP contribution in [0.3, 0.4) is 0 Å². The molecule has 0 fully saturated rings. The van der Waals surface area contributed by atoms with E-state index < -0.39 is 34.7 Å². The van der Waals surface area contributed by atoms with Crippen LogP contribution in [0.1, 0.15) is 22.8 Å². The van der Waals surface area contributed by atoms with Gasteiger partial charge in [-0.2, -0.15) is 13.2 Å². The third-order valence-electron chi connectivity index (χ3n) is 3.77. The van der Waals surface area contributed by atoms with Gasteiger partial charge in [-0.25, -0.2) is 4.79 Å². The molecule has 3 N–H and O–H groups in total. The lowest BCUT2D eigenvalue weighted by atomic mass is 10.1. The first-order chi connectivity index (χ1) is 13.6. The number of halogens is 4. The number of aliphatic hydroxyl groups excluding tert-OH is 1. The van der Waals surface area contributed by atoms with Crippen molar-refractivity contribution < 1.29 is 32.6 Å². The molecule has 0 aliphatic carbocycles. The zero-order valence-corrected chi connectivity index (χ0v) is 16.0. The van der Waals surface area contributed by atoms with Gasteiger partial charge in [0.25, 0.3) is 5.91 Å². The van der Waals surface area contributed by atoms with Crippen LogP contribution in [0.4, 0.5) is 24.5 Å². The highest BCUT2D eigenvalue weighted by atomic mass is 35.5. The van der Waals surface area contributed by atoms with Crippen molar-refractivity contribution in [1.29, 1.82) is 0 Å². The van der Waals surface area contributed by atoms with Gasteiger partial charge in [-0.05, 0) is 37.3 Å². The maximum absolute atomic E-state index is 12.9. The molecular formula is C19H18ClF3N2O4. The molecule has 0 radical (unpaired) electrons. The van der Waals surface area contributed by atoms with E-state index in [1.54, 1.807) is 18.2 Å². The van der Waals surface area contributed by atoms with Crippen LogP contribution < -0.4 is 10.6 Å². The van der Waals surface area contributed by atoms with E-state index in [1.165, 1.54) is 19.1 Å². The number of nitrogens with one attached hydrogen (secondary N) is 2. The van der Waals surface area contributed by atoms with Crippen LogP contribution in [0.25, 0.3) is 0 Å². The molecule has 1 atom stereocenters. The molecule has 2 aromatic carbocycles. The summed E-state index contributed by atoms with van der Waals surface area (Å²) < 4.78 is 43.9. The van der Waals surface area contributed by atoms with Crippen molar-refractivity contribution in [2.24, 2.45) is 0 Å². The van der Waals surface area contributed by atoms with Gasteiger partial charge >= 0.3 is 12.1 Å². The van der Waals surface area contributed by atoms with Crippen molar-refractivity contribution in [2.75, 3.05) is 23.8 Å². The van der Waals surface area contributed by atoms with E-state index in [9.17, 15) is 22.8 Å². The monoisotopic (exact) mass is 430 g/mol. The molecule has 2 rings (SSSR count). The van der Waals surface area contributed by atoms with Crippen molar-refractivity contribution in [2.45, 2.75) is 19.2 Å². The minimum absolute atomic E-state index is 0.139. The van der Waals surface area contributed by atoms with Crippen LogP contribution in [-0.4, -0.2) is 36.2 Å². The molecule has 0 heterocycles. The SMILES string of the molecule is CC(OC(=O)c1ccccc1NCCO)C(=O)Nc1ccc(Cl)c(C(F)(F)F)c1. The average molecular weight is 431 g/mol. The van der Waals surface area contributed by atoms with Gasteiger partial charge in [0, 0.05) is 17.9 Å². The van der Waals surface area contributed by atoms with Crippen molar-refractivity contribution >= 4 is 34.9 Å². The number of rotatable bonds is 7. The van der Waals surface area contributed by atoms with Crippen LogP contribution in [-0.2, 0) is 15.7 Å². The predicted molar refractivity (Wildman–Crippen MR) is 102 cm³/mol. The molecule has 0 saturated heterocycles. The van der Waals surface area contributed by atoms with Gasteiger partial charge in [0.05, 0.1) is 22.8 Å². The molecule has 0 aliphatic heterocycles. The molecule has 156 valence electrons. The number of benzene rings is 2. The van der Waals surface area contributed by atoms with Gasteiger partial charge in [-0.15, -0.1) is 0 Å². The average Bonchev–Trinajstić information content (AvgIpc) is 2.67. The summed E-state index contributed by atoms with van der Waals surface area (Å²) in [5, 5.41) is 13.5. The van der Waals surface area contributed by atoms with E-state index in [0.717, 1.165) is 6.07 Å². The summed E-state index contributed by atoms with van der Waals surface area (Å²) in [6, 6.07) is 9.26. The Hall–Kier alpha value is -2.78. The van der Waals surface area contributed by atoms with Gasteiger partial charge in [-0.1, -0.05) is 23.7 Å². The number of carbonyl (C=O) groups is 2. The van der Waals surface area contributed by atoms with E-state index in [2.05, 4.69) is 10.6 Å². The molecule has 0 aliphatic rings. The van der Waals surface area contributed by atoms with Crippen LogP contribution in [0.5, 0.6) is 0 Å². The van der Waals surface area contributed by atoms with Crippen LogP contribution in [0, 0.1) is 0 Å². The molecule has 1 amide bonds. The first-order valence-corrected chi connectivity index (χ1v) is 8.83. The molecule has 0 spiro atoms. The Labute approximate surface area is 169 Å². The molecule has 1 unspecified atom stereocenters. The molecule has 2 aromatic rings. The van der Waals surface area contributed by atoms with Gasteiger partial charge in [0.15, 0.2) is 6.10 Å². The Bertz CT molecular complexity index is 890. The highest BCUT2D eigenvalue weighted by Gasteiger charge is 2.33. The summed E-state index contributed by atoms with van der Waals surface area (Å²) in [5.74, 6) is -1.62. The molecule has 10 heteroatoms. The fraction of sp³-hybridized carbons (Fsp3) is 0.263. The van der Waals surface area contributed by atoms with Crippen LogP contribution >= 0.6 is 11.6 Å². The number of amides is 1. The zero-order valence-electron chi connectivity index (χ0n) is 15.2. The van der Waals surface area contributed by atoms with Gasteiger partial charge < -0.3 is 20.5 Å². The van der Waals surface area contributed by atoms with E-state index in [1.807, 2.05) is 0 Å². The number of hydrogen-bond donors (Lipinski definition) is 3. The fourth-order valence-electron chi connectivity index (χ4n) is 2.35. The molecule has 0 saturated carbocycles. The third-order valence-corrected chi connectivity index (χ3v) is 4.10. The first kappa shape index (κ1) is 22.5. The second-order valence-corrected chi connectivity index (χ2v) is 6.33. The van der Waals surface area contributed by atoms with Crippen molar-refractivity contribution in [3.63, 3.8) is 0 Å². The number of alkyl halides is 3. The van der Waals surface area contributed by atoms with Gasteiger partial charge in [-0.3, -0.25) is 4.79 Å².